The van der Waals surface area contributed by atoms with Gasteiger partial charge >= 0.3 is 0 Å². The lowest BCUT2D eigenvalue weighted by Gasteiger charge is -2.22. The second kappa shape index (κ2) is 3.48. The van der Waals surface area contributed by atoms with Crippen molar-refractivity contribution in [3.8, 4) is 0 Å². The summed E-state index contributed by atoms with van der Waals surface area (Å²) in [5, 5.41) is 4.69. The van der Waals surface area contributed by atoms with Crippen molar-refractivity contribution in [3.05, 3.63) is 10.6 Å². The van der Waals surface area contributed by atoms with Crippen LogP contribution >= 0.6 is 11.3 Å². The molecule has 0 radical (unpaired) electrons. The second-order valence-corrected chi connectivity index (χ2v) is 6.23. The maximum atomic E-state index is 4.74. The molecule has 15 heavy (non-hydrogen) atoms. The van der Waals surface area contributed by atoms with E-state index >= 15 is 0 Å². The Balaban J connectivity index is 1.85. The topological polar surface area (TPSA) is 24.9 Å². The fourth-order valence-electron chi connectivity index (χ4n) is 2.48. The molecule has 1 aromatic heterocycles. The molecule has 1 saturated carbocycles. The van der Waals surface area contributed by atoms with Crippen molar-refractivity contribution in [1.29, 1.82) is 0 Å². The van der Waals surface area contributed by atoms with Gasteiger partial charge in [-0.05, 0) is 37.5 Å². The first-order valence-electron chi connectivity index (χ1n) is 5.98. The normalized spacial score (nSPS) is 30.0. The van der Waals surface area contributed by atoms with E-state index in [0.29, 0.717) is 0 Å². The molecule has 2 nitrogen and oxygen atoms in total. The molecule has 2 atom stereocenters. The lowest BCUT2D eigenvalue weighted by Crippen LogP contribution is -2.13. The van der Waals surface area contributed by atoms with Gasteiger partial charge in [0.25, 0.3) is 0 Å². The first-order valence-corrected chi connectivity index (χ1v) is 6.80. The maximum Gasteiger partial charge on any atom is 0.183 e. The quantitative estimate of drug-likeness (QED) is 0.829. The highest BCUT2D eigenvalue weighted by molar-refractivity contribution is 7.15. The predicted octanol–water partition coefficient (Wildman–Crippen LogP) is 3.40. The molecule has 2 aliphatic rings. The third kappa shape index (κ3) is 1.89. The van der Waals surface area contributed by atoms with Crippen molar-refractivity contribution >= 4 is 16.5 Å². The first-order chi connectivity index (χ1) is 7.22. The van der Waals surface area contributed by atoms with Gasteiger partial charge in [-0.15, -0.1) is 11.3 Å². The van der Waals surface area contributed by atoms with Crippen molar-refractivity contribution in [3.63, 3.8) is 0 Å². The van der Waals surface area contributed by atoms with Gasteiger partial charge in [0, 0.05) is 10.9 Å². The Morgan fingerprint density at radius 3 is 2.87 bits per heavy atom. The molecule has 82 valence electrons. The number of aromatic nitrogens is 1. The Bertz CT molecular complexity index is 368. The minimum atomic E-state index is 0.719. The SMILES string of the molecule is CC1Cc2nc(NC3CC3)sc2C(C)C1. The zero-order valence-electron chi connectivity index (χ0n) is 9.42. The molecule has 1 aromatic rings. The summed E-state index contributed by atoms with van der Waals surface area (Å²) >= 11 is 1.89. The lowest BCUT2D eigenvalue weighted by atomic mass is 9.86. The molecule has 0 bridgehead atoms. The van der Waals surface area contributed by atoms with Gasteiger partial charge in [0.1, 0.15) is 0 Å². The second-order valence-electron chi connectivity index (χ2n) is 5.19. The summed E-state index contributed by atoms with van der Waals surface area (Å²) < 4.78 is 0. The molecular formula is C12H18N2S. The highest BCUT2D eigenvalue weighted by atomic mass is 32.1. The number of thiazole rings is 1. The van der Waals surface area contributed by atoms with Crippen molar-refractivity contribution in [2.24, 2.45) is 5.92 Å². The van der Waals surface area contributed by atoms with Crippen LogP contribution in [0, 0.1) is 5.92 Å². The van der Waals surface area contributed by atoms with Crippen LogP contribution in [0.5, 0.6) is 0 Å². The summed E-state index contributed by atoms with van der Waals surface area (Å²) in [5.41, 5.74) is 1.37. The number of nitrogens with zero attached hydrogens (tertiary/aromatic N) is 1. The van der Waals surface area contributed by atoms with E-state index in [1.807, 2.05) is 11.3 Å². The Morgan fingerprint density at radius 1 is 1.33 bits per heavy atom. The summed E-state index contributed by atoms with van der Waals surface area (Å²) in [4.78, 5) is 6.28. The summed E-state index contributed by atoms with van der Waals surface area (Å²) in [7, 11) is 0. The number of hydrogen-bond acceptors (Lipinski definition) is 3. The van der Waals surface area contributed by atoms with Crippen molar-refractivity contribution in [1.82, 2.24) is 4.98 Å². The van der Waals surface area contributed by atoms with Crippen molar-refractivity contribution in [2.45, 2.75) is 51.5 Å². The van der Waals surface area contributed by atoms with Crippen LogP contribution in [-0.2, 0) is 6.42 Å². The van der Waals surface area contributed by atoms with Crippen LogP contribution in [-0.4, -0.2) is 11.0 Å². The third-order valence-corrected chi connectivity index (χ3v) is 4.64. The molecule has 1 N–H and O–H groups in total. The molecular weight excluding hydrogens is 204 g/mol. The Morgan fingerprint density at radius 2 is 2.13 bits per heavy atom. The van der Waals surface area contributed by atoms with Gasteiger partial charge in [-0.1, -0.05) is 13.8 Å². The molecule has 3 rings (SSSR count). The van der Waals surface area contributed by atoms with Gasteiger partial charge in [-0.3, -0.25) is 0 Å². The highest BCUT2D eigenvalue weighted by Gasteiger charge is 2.27. The van der Waals surface area contributed by atoms with Gasteiger partial charge in [0.2, 0.25) is 0 Å². The van der Waals surface area contributed by atoms with Crippen LogP contribution in [0.25, 0.3) is 0 Å². The Labute approximate surface area is 95.1 Å². The van der Waals surface area contributed by atoms with Crippen molar-refractivity contribution < 1.29 is 0 Å². The van der Waals surface area contributed by atoms with Crippen molar-refractivity contribution in [2.75, 3.05) is 5.32 Å². The van der Waals surface area contributed by atoms with E-state index in [1.54, 1.807) is 0 Å². The molecule has 3 heteroatoms. The molecule has 0 aromatic carbocycles. The summed E-state index contributed by atoms with van der Waals surface area (Å²) in [6.45, 7) is 4.68. The number of nitrogens with one attached hydrogen (secondary N) is 1. The summed E-state index contributed by atoms with van der Waals surface area (Å²) in [5.74, 6) is 1.53. The number of anilines is 1. The van der Waals surface area contributed by atoms with E-state index in [-0.39, 0.29) is 0 Å². The maximum absolute atomic E-state index is 4.74. The minimum absolute atomic E-state index is 0.719. The van der Waals surface area contributed by atoms with E-state index < -0.39 is 0 Å². The molecule has 1 fully saturated rings. The smallest absolute Gasteiger partial charge is 0.183 e. The monoisotopic (exact) mass is 222 g/mol. The summed E-state index contributed by atoms with van der Waals surface area (Å²) in [6.07, 6.45) is 5.17. The number of fused-ring (bicyclic) bond motifs is 1. The zero-order chi connectivity index (χ0) is 10.4. The van der Waals surface area contributed by atoms with Crippen LogP contribution in [0.15, 0.2) is 0 Å². The van der Waals surface area contributed by atoms with Crippen LogP contribution in [0.1, 0.15) is 49.6 Å². The lowest BCUT2D eigenvalue weighted by molar-refractivity contribution is 0.450. The first kappa shape index (κ1) is 9.64. The minimum Gasteiger partial charge on any atom is -0.359 e. The molecule has 0 saturated heterocycles. The van der Waals surface area contributed by atoms with Crippen LogP contribution in [0.4, 0.5) is 5.13 Å². The van der Waals surface area contributed by atoms with Gasteiger partial charge in [-0.25, -0.2) is 4.98 Å². The van der Waals surface area contributed by atoms with Crippen LogP contribution in [0.2, 0.25) is 0 Å². The van der Waals surface area contributed by atoms with E-state index in [4.69, 9.17) is 4.98 Å². The highest BCUT2D eigenvalue weighted by Crippen LogP contribution is 2.40. The number of hydrogen-bond donors (Lipinski definition) is 1. The van der Waals surface area contributed by atoms with E-state index in [2.05, 4.69) is 19.2 Å². The largest absolute Gasteiger partial charge is 0.359 e. The molecule has 2 unspecified atom stereocenters. The van der Waals surface area contributed by atoms with Gasteiger partial charge in [-0.2, -0.15) is 0 Å². The van der Waals surface area contributed by atoms with Gasteiger partial charge in [0.05, 0.1) is 5.69 Å². The molecule has 0 spiro atoms. The standard InChI is InChI=1S/C12H18N2S/c1-7-5-8(2)11-10(6-7)14-12(15-11)13-9-3-4-9/h7-9H,3-6H2,1-2H3,(H,13,14). The molecule has 1 heterocycles. The van der Waals surface area contributed by atoms with E-state index in [1.165, 1.54) is 41.4 Å². The Kier molecular flexibility index (Phi) is 2.23. The fraction of sp³-hybridized carbons (Fsp3) is 0.750. The fourth-order valence-corrected chi connectivity index (χ4v) is 3.62. The average molecular weight is 222 g/mol. The van der Waals surface area contributed by atoms with Gasteiger partial charge in [0.15, 0.2) is 5.13 Å². The molecule has 0 aliphatic heterocycles. The Hall–Kier alpha value is -0.570. The van der Waals surface area contributed by atoms with E-state index in [9.17, 15) is 0 Å². The predicted molar refractivity (Wildman–Crippen MR) is 64.7 cm³/mol. The average Bonchev–Trinajstić information content (AvgIpc) is 2.85. The molecule has 0 amide bonds. The third-order valence-electron chi connectivity index (χ3n) is 3.38. The van der Waals surface area contributed by atoms with Gasteiger partial charge < -0.3 is 5.32 Å². The summed E-state index contributed by atoms with van der Waals surface area (Å²) in [6, 6.07) is 0.727. The van der Waals surface area contributed by atoms with Crippen LogP contribution in [0.3, 0.4) is 0 Å². The van der Waals surface area contributed by atoms with Crippen LogP contribution < -0.4 is 5.32 Å². The zero-order valence-corrected chi connectivity index (χ0v) is 10.2. The number of rotatable bonds is 2. The van der Waals surface area contributed by atoms with E-state index in [0.717, 1.165) is 17.9 Å². The molecule has 2 aliphatic carbocycles.